The largest absolute Gasteiger partial charge is 0.490 e. The van der Waals surface area contributed by atoms with E-state index in [9.17, 15) is 9.59 Å². The van der Waals surface area contributed by atoms with Gasteiger partial charge in [-0.3, -0.25) is 9.59 Å². The molecule has 0 saturated carbocycles. The molecule has 0 radical (unpaired) electrons. The maximum Gasteiger partial charge on any atom is 0.266 e. The number of ether oxygens (including phenoxy) is 1. The van der Waals surface area contributed by atoms with E-state index in [-0.39, 0.29) is 23.1 Å². The molecule has 1 N–H and O–H groups in total. The first-order valence-electron chi connectivity index (χ1n) is 7.14. The lowest BCUT2D eigenvalue weighted by atomic mass is 10.2. The number of nitrogens with one attached hydrogen (secondary N) is 1. The molecule has 1 aromatic carbocycles. The number of nitriles is 1. The number of aromatic nitrogens is 2. The first kappa shape index (κ1) is 15.8. The van der Waals surface area contributed by atoms with Crippen molar-refractivity contribution in [2.24, 2.45) is 0 Å². The van der Waals surface area contributed by atoms with E-state index >= 15 is 0 Å². The molecule has 0 aliphatic rings. The van der Waals surface area contributed by atoms with E-state index in [0.717, 1.165) is 0 Å². The molecule has 0 amide bonds. The molecule has 0 atom stereocenters. The van der Waals surface area contributed by atoms with Gasteiger partial charge >= 0.3 is 0 Å². The van der Waals surface area contributed by atoms with Crippen LogP contribution in [0, 0.1) is 11.3 Å². The van der Waals surface area contributed by atoms with E-state index in [1.54, 1.807) is 36.5 Å². The number of H-pyrrole nitrogens is 1. The number of nitrogens with zero attached hydrogens (tertiary/aromatic N) is 2. The fourth-order valence-electron chi connectivity index (χ4n) is 2.31. The van der Waals surface area contributed by atoms with Crippen molar-refractivity contribution >= 4 is 22.5 Å². The number of hydrogen-bond acceptors (Lipinski definition) is 4. The molecule has 0 bridgehead atoms. The summed E-state index contributed by atoms with van der Waals surface area (Å²) in [7, 11) is 0. The predicted octanol–water partition coefficient (Wildman–Crippen LogP) is 2.29. The van der Waals surface area contributed by atoms with E-state index in [1.807, 2.05) is 6.07 Å². The van der Waals surface area contributed by atoms with Crippen molar-refractivity contribution in [3.8, 4) is 11.8 Å². The van der Waals surface area contributed by atoms with Gasteiger partial charge in [0.1, 0.15) is 24.0 Å². The van der Waals surface area contributed by atoms with Gasteiger partial charge in [-0.1, -0.05) is 23.7 Å². The normalized spacial score (nSPS) is 10.5. The minimum absolute atomic E-state index is 0.0929. The molecule has 120 valence electrons. The van der Waals surface area contributed by atoms with Crippen LogP contribution in [0.1, 0.15) is 5.56 Å². The number of halogens is 1. The molecule has 24 heavy (non-hydrogen) atoms. The highest BCUT2D eigenvalue weighted by atomic mass is 35.5. The summed E-state index contributed by atoms with van der Waals surface area (Å²) in [5.41, 5.74) is -0.510. The summed E-state index contributed by atoms with van der Waals surface area (Å²) in [6, 6.07) is 11.8. The Morgan fingerprint density at radius 2 is 2.04 bits per heavy atom. The molecule has 0 unspecified atom stereocenters. The van der Waals surface area contributed by atoms with Gasteiger partial charge in [0.05, 0.1) is 22.5 Å². The number of benzene rings is 1. The summed E-state index contributed by atoms with van der Waals surface area (Å²) < 4.78 is 7.03. The van der Waals surface area contributed by atoms with Crippen molar-refractivity contribution in [1.29, 1.82) is 5.26 Å². The Kier molecular flexibility index (Phi) is 4.36. The van der Waals surface area contributed by atoms with Crippen LogP contribution in [0.3, 0.4) is 0 Å². The highest BCUT2D eigenvalue weighted by Gasteiger charge is 2.08. The summed E-state index contributed by atoms with van der Waals surface area (Å²) in [6.07, 6.45) is 1.57. The third-order valence-corrected chi connectivity index (χ3v) is 3.84. The monoisotopic (exact) mass is 341 g/mol. The molecule has 2 heterocycles. The van der Waals surface area contributed by atoms with Crippen LogP contribution in [-0.2, 0) is 6.54 Å². The second kappa shape index (κ2) is 6.60. The average Bonchev–Trinajstić information content (AvgIpc) is 2.58. The van der Waals surface area contributed by atoms with Gasteiger partial charge in [-0.25, -0.2) is 0 Å². The van der Waals surface area contributed by atoms with Gasteiger partial charge < -0.3 is 14.3 Å². The summed E-state index contributed by atoms with van der Waals surface area (Å²) in [4.78, 5) is 26.6. The van der Waals surface area contributed by atoms with Gasteiger partial charge in [0.2, 0.25) is 0 Å². The van der Waals surface area contributed by atoms with Crippen LogP contribution in [0.4, 0.5) is 0 Å². The zero-order valence-corrected chi connectivity index (χ0v) is 13.2. The van der Waals surface area contributed by atoms with Crippen molar-refractivity contribution in [2.45, 2.75) is 6.54 Å². The van der Waals surface area contributed by atoms with Gasteiger partial charge in [-0.2, -0.15) is 5.26 Å². The third-order valence-electron chi connectivity index (χ3n) is 3.53. The van der Waals surface area contributed by atoms with Gasteiger partial charge in [0.15, 0.2) is 0 Å². The maximum atomic E-state index is 12.5. The number of rotatable bonds is 4. The second-order valence-electron chi connectivity index (χ2n) is 5.04. The van der Waals surface area contributed by atoms with Crippen LogP contribution in [0.2, 0.25) is 5.02 Å². The van der Waals surface area contributed by atoms with Crippen LogP contribution in [-0.4, -0.2) is 16.2 Å². The fraction of sp³-hybridized carbons (Fsp3) is 0.118. The summed E-state index contributed by atoms with van der Waals surface area (Å²) in [5.74, 6) is 0.545. The SMILES string of the molecule is N#Cc1cc2c(=O)n(CCOc3ccccc3Cl)ccc2[nH]c1=O. The van der Waals surface area contributed by atoms with Crippen LogP contribution < -0.4 is 15.9 Å². The van der Waals surface area contributed by atoms with E-state index < -0.39 is 5.56 Å². The lowest BCUT2D eigenvalue weighted by Crippen LogP contribution is -2.24. The third kappa shape index (κ3) is 3.03. The highest BCUT2D eigenvalue weighted by Crippen LogP contribution is 2.22. The molecular weight excluding hydrogens is 330 g/mol. The Hall–Kier alpha value is -3.04. The van der Waals surface area contributed by atoms with Crippen LogP contribution >= 0.6 is 11.6 Å². The molecule has 0 aliphatic heterocycles. The van der Waals surface area contributed by atoms with Crippen molar-refractivity contribution in [2.75, 3.05) is 6.61 Å². The standard InChI is InChI=1S/C17H12ClN3O3/c18-13-3-1-2-4-15(13)24-8-7-21-6-5-14-12(17(21)23)9-11(10-19)16(22)20-14/h1-6,9H,7-8H2,(H,20,22). The molecule has 6 nitrogen and oxygen atoms in total. The average molecular weight is 342 g/mol. The number of hydrogen-bond donors (Lipinski definition) is 1. The van der Waals surface area contributed by atoms with E-state index in [2.05, 4.69) is 4.98 Å². The van der Waals surface area contributed by atoms with E-state index in [1.165, 1.54) is 10.6 Å². The number of pyridine rings is 2. The van der Waals surface area contributed by atoms with Crippen LogP contribution in [0.25, 0.3) is 10.9 Å². The molecule has 7 heteroatoms. The molecule has 2 aromatic heterocycles. The minimum atomic E-state index is -0.510. The number of aromatic amines is 1. The molecule has 0 spiro atoms. The first-order valence-corrected chi connectivity index (χ1v) is 7.52. The smallest absolute Gasteiger partial charge is 0.266 e. The maximum absolute atomic E-state index is 12.5. The Morgan fingerprint density at radius 3 is 2.79 bits per heavy atom. The first-order chi connectivity index (χ1) is 11.6. The summed E-state index contributed by atoms with van der Waals surface area (Å²) >= 11 is 6.01. The topological polar surface area (TPSA) is 87.9 Å². The van der Waals surface area contributed by atoms with Gasteiger partial charge in [-0.05, 0) is 24.3 Å². The van der Waals surface area contributed by atoms with Crippen LogP contribution in [0.15, 0.2) is 52.2 Å². The number of para-hydroxylation sites is 1. The van der Waals surface area contributed by atoms with Crippen molar-refractivity contribution in [3.63, 3.8) is 0 Å². The van der Waals surface area contributed by atoms with Gasteiger partial charge in [0.25, 0.3) is 11.1 Å². The molecular formula is C17H12ClN3O3. The highest BCUT2D eigenvalue weighted by molar-refractivity contribution is 6.32. The summed E-state index contributed by atoms with van der Waals surface area (Å²) in [5, 5.41) is 9.70. The molecule has 3 aromatic rings. The van der Waals surface area contributed by atoms with Crippen LogP contribution in [0.5, 0.6) is 5.75 Å². The lowest BCUT2D eigenvalue weighted by Gasteiger charge is -2.10. The molecule has 0 saturated heterocycles. The quantitative estimate of drug-likeness (QED) is 0.788. The molecule has 3 rings (SSSR count). The Balaban J connectivity index is 1.85. The molecule has 0 fully saturated rings. The number of fused-ring (bicyclic) bond motifs is 1. The summed E-state index contributed by atoms with van der Waals surface area (Å²) in [6.45, 7) is 0.560. The van der Waals surface area contributed by atoms with E-state index in [0.29, 0.717) is 22.8 Å². The molecule has 0 aliphatic carbocycles. The zero-order valence-electron chi connectivity index (χ0n) is 12.5. The second-order valence-corrected chi connectivity index (χ2v) is 5.45. The Labute approximate surface area is 141 Å². The van der Waals surface area contributed by atoms with Crippen molar-refractivity contribution in [1.82, 2.24) is 9.55 Å². The van der Waals surface area contributed by atoms with Crippen molar-refractivity contribution in [3.05, 3.63) is 73.9 Å². The van der Waals surface area contributed by atoms with Gasteiger partial charge in [0, 0.05) is 6.20 Å². The lowest BCUT2D eigenvalue weighted by molar-refractivity contribution is 0.297. The minimum Gasteiger partial charge on any atom is -0.490 e. The van der Waals surface area contributed by atoms with Crippen molar-refractivity contribution < 1.29 is 4.74 Å². The van der Waals surface area contributed by atoms with Gasteiger partial charge in [-0.15, -0.1) is 0 Å². The fourth-order valence-corrected chi connectivity index (χ4v) is 2.51. The predicted molar refractivity (Wildman–Crippen MR) is 90.5 cm³/mol. The van der Waals surface area contributed by atoms with E-state index in [4.69, 9.17) is 21.6 Å². The Bertz CT molecular complexity index is 1060. The zero-order chi connectivity index (χ0) is 17.1. The Morgan fingerprint density at radius 1 is 1.25 bits per heavy atom.